The minimum atomic E-state index is -0.135. The maximum absolute atomic E-state index is 5.94. The van der Waals surface area contributed by atoms with E-state index in [2.05, 4.69) is 37.6 Å². The second-order valence-electron chi connectivity index (χ2n) is 4.81. The van der Waals surface area contributed by atoms with Crippen LogP contribution in [-0.4, -0.2) is 42.2 Å². The van der Waals surface area contributed by atoms with Crippen molar-refractivity contribution in [3.8, 4) is 0 Å². The predicted molar refractivity (Wildman–Crippen MR) is 63.0 cm³/mol. The highest BCUT2D eigenvalue weighted by Gasteiger charge is 2.31. The van der Waals surface area contributed by atoms with Crippen LogP contribution >= 0.6 is 0 Å². The van der Waals surface area contributed by atoms with E-state index in [-0.39, 0.29) is 11.7 Å². The van der Waals surface area contributed by atoms with Crippen molar-refractivity contribution in [2.24, 2.45) is 10.7 Å². The molecule has 15 heavy (non-hydrogen) atoms. The summed E-state index contributed by atoms with van der Waals surface area (Å²) in [6.07, 6.45) is 1.24. The first-order valence-corrected chi connectivity index (χ1v) is 5.67. The van der Waals surface area contributed by atoms with Gasteiger partial charge < -0.3 is 15.4 Å². The molecule has 1 unspecified atom stereocenters. The van der Waals surface area contributed by atoms with Crippen LogP contribution in [0, 0.1) is 0 Å². The third-order valence-electron chi connectivity index (χ3n) is 2.39. The van der Waals surface area contributed by atoms with Gasteiger partial charge >= 0.3 is 0 Å². The van der Waals surface area contributed by atoms with E-state index in [4.69, 9.17) is 10.5 Å². The Kier molecular flexibility index (Phi) is 3.97. The number of morpholine rings is 1. The van der Waals surface area contributed by atoms with Crippen LogP contribution in [0.5, 0.6) is 0 Å². The molecule has 0 bridgehead atoms. The summed E-state index contributed by atoms with van der Waals surface area (Å²) in [7, 11) is 0. The highest BCUT2D eigenvalue weighted by Crippen LogP contribution is 2.20. The van der Waals surface area contributed by atoms with Crippen LogP contribution in [-0.2, 0) is 4.74 Å². The Morgan fingerprint density at radius 1 is 1.60 bits per heavy atom. The number of nitrogens with two attached hydrogens (primary N) is 1. The lowest BCUT2D eigenvalue weighted by molar-refractivity contribution is -0.113. The molecule has 1 saturated heterocycles. The largest absolute Gasteiger partial charge is 0.370 e. The van der Waals surface area contributed by atoms with Gasteiger partial charge in [-0.15, -0.1) is 0 Å². The van der Waals surface area contributed by atoms with Crippen LogP contribution in [0.3, 0.4) is 0 Å². The van der Waals surface area contributed by atoms with E-state index in [0.29, 0.717) is 5.96 Å². The molecule has 0 amide bonds. The molecule has 88 valence electrons. The summed E-state index contributed by atoms with van der Waals surface area (Å²) in [6.45, 7) is 10.8. The fourth-order valence-corrected chi connectivity index (χ4v) is 1.95. The Morgan fingerprint density at radius 3 is 2.80 bits per heavy atom. The van der Waals surface area contributed by atoms with Crippen LogP contribution in [0.25, 0.3) is 0 Å². The molecule has 1 aliphatic heterocycles. The highest BCUT2D eigenvalue weighted by molar-refractivity contribution is 5.78. The first-order valence-electron chi connectivity index (χ1n) is 5.67. The predicted octanol–water partition coefficient (Wildman–Crippen LogP) is 1.21. The molecule has 0 aromatic rings. The smallest absolute Gasteiger partial charge is 0.191 e. The quantitative estimate of drug-likeness (QED) is 0.554. The molecule has 0 radical (unpaired) electrons. The first-order chi connectivity index (χ1) is 6.94. The van der Waals surface area contributed by atoms with Crippen molar-refractivity contribution in [3.63, 3.8) is 0 Å². The molecule has 1 aliphatic rings. The summed E-state index contributed by atoms with van der Waals surface area (Å²) < 4.78 is 5.81. The van der Waals surface area contributed by atoms with E-state index in [0.717, 1.165) is 26.1 Å². The zero-order valence-electron chi connectivity index (χ0n) is 10.3. The van der Waals surface area contributed by atoms with Crippen LogP contribution in [0.4, 0.5) is 0 Å². The number of hydrogen-bond acceptors (Lipinski definition) is 2. The van der Waals surface area contributed by atoms with Gasteiger partial charge in [-0.1, -0.05) is 6.92 Å². The van der Waals surface area contributed by atoms with Crippen molar-refractivity contribution in [3.05, 3.63) is 0 Å². The van der Waals surface area contributed by atoms with Crippen molar-refractivity contribution in [2.45, 2.75) is 45.8 Å². The van der Waals surface area contributed by atoms with Gasteiger partial charge in [-0.25, -0.2) is 0 Å². The maximum atomic E-state index is 5.94. The molecule has 0 spiro atoms. The second-order valence-corrected chi connectivity index (χ2v) is 4.81. The Morgan fingerprint density at radius 2 is 2.27 bits per heavy atom. The molecule has 4 nitrogen and oxygen atoms in total. The number of aliphatic imine (C=N–C) groups is 1. The van der Waals surface area contributed by atoms with E-state index in [1.54, 1.807) is 0 Å². The molecular formula is C11H23N3O. The minimum Gasteiger partial charge on any atom is -0.370 e. The lowest BCUT2D eigenvalue weighted by Gasteiger charge is -2.42. The summed E-state index contributed by atoms with van der Waals surface area (Å²) in [5.41, 5.74) is 5.80. The Labute approximate surface area is 92.5 Å². The topological polar surface area (TPSA) is 50.8 Å². The Bertz CT molecular complexity index is 238. The second kappa shape index (κ2) is 4.84. The maximum Gasteiger partial charge on any atom is 0.191 e. The molecule has 1 heterocycles. The number of guanidine groups is 1. The van der Waals surface area contributed by atoms with Gasteiger partial charge in [-0.3, -0.25) is 4.99 Å². The van der Waals surface area contributed by atoms with E-state index < -0.39 is 0 Å². The molecule has 4 heteroatoms. The Balaban J connectivity index is 2.62. The summed E-state index contributed by atoms with van der Waals surface area (Å²) in [6, 6.07) is 0. The third kappa shape index (κ3) is 3.70. The van der Waals surface area contributed by atoms with Gasteiger partial charge in [0.1, 0.15) is 0 Å². The van der Waals surface area contributed by atoms with Crippen molar-refractivity contribution in [1.29, 1.82) is 0 Å². The van der Waals surface area contributed by atoms with Crippen molar-refractivity contribution in [1.82, 2.24) is 4.90 Å². The van der Waals surface area contributed by atoms with Gasteiger partial charge in [0, 0.05) is 19.6 Å². The van der Waals surface area contributed by atoms with E-state index in [1.165, 1.54) is 0 Å². The number of nitrogens with zero attached hydrogens (tertiary/aromatic N) is 2. The standard InChI is InChI=1S/C11H23N3O/c1-5-6-13-10(12)14-7-9(2)15-11(3,4)8-14/h9H,5-8H2,1-4H3,(H2,12,13). The normalized spacial score (nSPS) is 26.8. The summed E-state index contributed by atoms with van der Waals surface area (Å²) in [5, 5.41) is 0. The Hall–Kier alpha value is -0.770. The zero-order valence-corrected chi connectivity index (χ0v) is 10.3. The number of hydrogen-bond donors (Lipinski definition) is 1. The van der Waals surface area contributed by atoms with Gasteiger partial charge in [0.15, 0.2) is 5.96 Å². The molecule has 2 N–H and O–H groups in total. The summed E-state index contributed by atoms with van der Waals surface area (Å²) in [5.74, 6) is 0.653. The lowest BCUT2D eigenvalue weighted by atomic mass is 10.1. The van der Waals surface area contributed by atoms with Gasteiger partial charge in [0.25, 0.3) is 0 Å². The zero-order chi connectivity index (χ0) is 11.5. The van der Waals surface area contributed by atoms with Crippen molar-refractivity contribution in [2.75, 3.05) is 19.6 Å². The molecule has 1 fully saturated rings. The molecule has 0 saturated carbocycles. The monoisotopic (exact) mass is 213 g/mol. The minimum absolute atomic E-state index is 0.135. The molecule has 1 atom stereocenters. The van der Waals surface area contributed by atoms with Crippen LogP contribution in [0.15, 0.2) is 4.99 Å². The van der Waals surface area contributed by atoms with Gasteiger partial charge in [-0.05, 0) is 27.2 Å². The summed E-state index contributed by atoms with van der Waals surface area (Å²) in [4.78, 5) is 6.45. The average molecular weight is 213 g/mol. The van der Waals surface area contributed by atoms with Gasteiger partial charge in [0.2, 0.25) is 0 Å². The number of rotatable bonds is 2. The molecule has 0 aromatic carbocycles. The first kappa shape index (κ1) is 12.3. The molecule has 0 aliphatic carbocycles. The van der Waals surface area contributed by atoms with Gasteiger partial charge in [0.05, 0.1) is 11.7 Å². The van der Waals surface area contributed by atoms with Crippen molar-refractivity contribution >= 4 is 5.96 Å². The third-order valence-corrected chi connectivity index (χ3v) is 2.39. The van der Waals surface area contributed by atoms with Crippen LogP contribution in [0.2, 0.25) is 0 Å². The van der Waals surface area contributed by atoms with Gasteiger partial charge in [-0.2, -0.15) is 0 Å². The fraction of sp³-hybridized carbons (Fsp3) is 0.909. The molecule has 0 aromatic heterocycles. The molecule has 1 rings (SSSR count). The fourth-order valence-electron chi connectivity index (χ4n) is 1.95. The van der Waals surface area contributed by atoms with E-state index >= 15 is 0 Å². The van der Waals surface area contributed by atoms with E-state index in [9.17, 15) is 0 Å². The van der Waals surface area contributed by atoms with E-state index in [1.807, 2.05) is 0 Å². The van der Waals surface area contributed by atoms with Crippen LogP contribution in [0.1, 0.15) is 34.1 Å². The SMILES string of the molecule is CCCN=C(N)N1CC(C)OC(C)(C)C1. The highest BCUT2D eigenvalue weighted by atomic mass is 16.5. The lowest BCUT2D eigenvalue weighted by Crippen LogP contribution is -2.55. The van der Waals surface area contributed by atoms with Crippen molar-refractivity contribution < 1.29 is 4.74 Å². The number of ether oxygens (including phenoxy) is 1. The van der Waals surface area contributed by atoms with Crippen LogP contribution < -0.4 is 5.73 Å². The average Bonchev–Trinajstić information content (AvgIpc) is 2.10. The summed E-state index contributed by atoms with van der Waals surface area (Å²) >= 11 is 0. The molecular weight excluding hydrogens is 190 g/mol.